The number of hydrogen-bond donors (Lipinski definition) is 1. The second-order valence-electron chi connectivity index (χ2n) is 3.23. The number of aliphatic hydroxyl groups is 1. The van der Waals surface area contributed by atoms with Crippen LogP contribution in [-0.2, 0) is 4.74 Å². The molecule has 0 saturated heterocycles. The van der Waals surface area contributed by atoms with Gasteiger partial charge >= 0.3 is 0 Å². The van der Waals surface area contributed by atoms with E-state index in [0.717, 1.165) is 5.56 Å². The lowest BCUT2D eigenvalue weighted by molar-refractivity contribution is 0.0765. The predicted molar refractivity (Wildman–Crippen MR) is 60.0 cm³/mol. The van der Waals surface area contributed by atoms with Crippen LogP contribution in [0.2, 0.25) is 0 Å². The maximum absolute atomic E-state index is 10.6. The monoisotopic (exact) mass is 210 g/mol. The third kappa shape index (κ3) is 7.85. The SMILES string of the molecule is CC(=O)c1ccccc1.COCC(C)O. The lowest BCUT2D eigenvalue weighted by atomic mass is 10.2. The Bertz CT molecular complexity index is 267. The number of carbonyl (C=O) groups excluding carboxylic acids is 1. The summed E-state index contributed by atoms with van der Waals surface area (Å²) in [6.45, 7) is 3.68. The van der Waals surface area contributed by atoms with E-state index in [0.29, 0.717) is 6.61 Å². The first-order valence-corrected chi connectivity index (χ1v) is 4.81. The number of ether oxygens (including phenoxy) is 1. The van der Waals surface area contributed by atoms with Crippen molar-refractivity contribution in [2.45, 2.75) is 20.0 Å². The molecule has 0 heterocycles. The fourth-order valence-electron chi connectivity index (χ4n) is 0.914. The van der Waals surface area contributed by atoms with Gasteiger partial charge in [0.15, 0.2) is 5.78 Å². The maximum atomic E-state index is 10.6. The van der Waals surface area contributed by atoms with Gasteiger partial charge in [0.2, 0.25) is 0 Å². The standard InChI is InChI=1S/C8H8O.C4H10O2/c1-7(9)8-5-3-2-4-6-8;1-4(5)3-6-2/h2-6H,1H3;4-5H,3H2,1-2H3. The molecule has 3 heteroatoms. The second kappa shape index (κ2) is 8.15. The van der Waals surface area contributed by atoms with Crippen LogP contribution >= 0.6 is 0 Å². The van der Waals surface area contributed by atoms with E-state index < -0.39 is 0 Å². The van der Waals surface area contributed by atoms with E-state index in [1.165, 1.54) is 0 Å². The van der Waals surface area contributed by atoms with Crippen LogP contribution in [0.1, 0.15) is 24.2 Å². The van der Waals surface area contributed by atoms with Gasteiger partial charge in [0.25, 0.3) is 0 Å². The van der Waals surface area contributed by atoms with Crippen LogP contribution in [0, 0.1) is 0 Å². The topological polar surface area (TPSA) is 46.5 Å². The van der Waals surface area contributed by atoms with E-state index >= 15 is 0 Å². The molecule has 0 aliphatic heterocycles. The van der Waals surface area contributed by atoms with Crippen LogP contribution in [-0.4, -0.2) is 30.7 Å². The molecule has 0 amide bonds. The molecule has 0 saturated carbocycles. The number of ketones is 1. The number of rotatable bonds is 3. The third-order valence-electron chi connectivity index (χ3n) is 1.59. The van der Waals surface area contributed by atoms with Gasteiger partial charge in [-0.25, -0.2) is 0 Å². The first kappa shape index (κ1) is 13.8. The van der Waals surface area contributed by atoms with Crippen molar-refractivity contribution in [2.75, 3.05) is 13.7 Å². The van der Waals surface area contributed by atoms with Crippen LogP contribution in [0.4, 0.5) is 0 Å². The second-order valence-corrected chi connectivity index (χ2v) is 3.23. The van der Waals surface area contributed by atoms with Crippen molar-refractivity contribution in [2.24, 2.45) is 0 Å². The minimum atomic E-state index is -0.324. The van der Waals surface area contributed by atoms with Gasteiger partial charge in [-0.3, -0.25) is 4.79 Å². The molecule has 1 atom stereocenters. The Kier molecular flexibility index (Phi) is 7.50. The van der Waals surface area contributed by atoms with Crippen molar-refractivity contribution >= 4 is 5.78 Å². The van der Waals surface area contributed by atoms with Crippen LogP contribution in [0.15, 0.2) is 30.3 Å². The molecule has 0 spiro atoms. The van der Waals surface area contributed by atoms with E-state index in [1.54, 1.807) is 21.0 Å². The molecular weight excluding hydrogens is 192 g/mol. The fraction of sp³-hybridized carbons (Fsp3) is 0.417. The van der Waals surface area contributed by atoms with Crippen LogP contribution in [0.3, 0.4) is 0 Å². The smallest absolute Gasteiger partial charge is 0.159 e. The number of benzene rings is 1. The predicted octanol–water partition coefficient (Wildman–Crippen LogP) is 1.90. The molecule has 1 unspecified atom stereocenters. The van der Waals surface area contributed by atoms with Crippen molar-refractivity contribution in [3.8, 4) is 0 Å². The highest BCUT2D eigenvalue weighted by Crippen LogP contribution is 1.97. The Labute approximate surface area is 90.7 Å². The molecule has 3 nitrogen and oxygen atoms in total. The fourth-order valence-corrected chi connectivity index (χ4v) is 0.914. The molecule has 0 aromatic heterocycles. The van der Waals surface area contributed by atoms with E-state index in [9.17, 15) is 4.79 Å². The van der Waals surface area contributed by atoms with Crippen molar-refractivity contribution < 1.29 is 14.6 Å². The highest BCUT2D eigenvalue weighted by molar-refractivity contribution is 5.93. The lowest BCUT2D eigenvalue weighted by Crippen LogP contribution is -2.07. The van der Waals surface area contributed by atoms with Gasteiger partial charge in [0, 0.05) is 12.7 Å². The van der Waals surface area contributed by atoms with Gasteiger partial charge in [-0.2, -0.15) is 0 Å². The molecule has 0 fully saturated rings. The van der Waals surface area contributed by atoms with Crippen LogP contribution < -0.4 is 0 Å². The maximum Gasteiger partial charge on any atom is 0.159 e. The van der Waals surface area contributed by atoms with Gasteiger partial charge < -0.3 is 9.84 Å². The number of aliphatic hydroxyl groups excluding tert-OH is 1. The van der Waals surface area contributed by atoms with Crippen LogP contribution in [0.5, 0.6) is 0 Å². The van der Waals surface area contributed by atoms with Gasteiger partial charge in [0.05, 0.1) is 12.7 Å². The molecule has 0 radical (unpaired) electrons. The molecule has 0 bridgehead atoms. The summed E-state index contributed by atoms with van der Waals surface area (Å²) in [6.07, 6.45) is -0.324. The number of methoxy groups -OCH3 is 1. The molecule has 1 rings (SSSR count). The summed E-state index contributed by atoms with van der Waals surface area (Å²) in [6, 6.07) is 9.23. The van der Waals surface area contributed by atoms with Crippen molar-refractivity contribution in [3.63, 3.8) is 0 Å². The number of carbonyl (C=O) groups is 1. The highest BCUT2D eigenvalue weighted by Gasteiger charge is 1.92. The van der Waals surface area contributed by atoms with E-state index in [4.69, 9.17) is 5.11 Å². The summed E-state index contributed by atoms with van der Waals surface area (Å²) in [4.78, 5) is 10.6. The number of hydrogen-bond acceptors (Lipinski definition) is 3. The van der Waals surface area contributed by atoms with Crippen molar-refractivity contribution in [1.29, 1.82) is 0 Å². The minimum absolute atomic E-state index is 0.121. The largest absolute Gasteiger partial charge is 0.391 e. The summed E-state index contributed by atoms with van der Waals surface area (Å²) in [5, 5.41) is 8.43. The average molecular weight is 210 g/mol. The van der Waals surface area contributed by atoms with E-state index in [1.807, 2.05) is 30.3 Å². The first-order valence-electron chi connectivity index (χ1n) is 4.81. The quantitative estimate of drug-likeness (QED) is 0.775. The lowest BCUT2D eigenvalue weighted by Gasteiger charge is -1.97. The van der Waals surface area contributed by atoms with Gasteiger partial charge in [0.1, 0.15) is 0 Å². The molecule has 1 N–H and O–H groups in total. The Morgan fingerprint density at radius 3 is 2.13 bits per heavy atom. The molecular formula is C12H18O3. The molecule has 84 valence electrons. The van der Waals surface area contributed by atoms with Gasteiger partial charge in [-0.1, -0.05) is 30.3 Å². The zero-order chi connectivity index (χ0) is 11.7. The summed E-state index contributed by atoms with van der Waals surface area (Å²) in [7, 11) is 1.56. The first-order chi connectivity index (χ1) is 7.07. The van der Waals surface area contributed by atoms with Gasteiger partial charge in [-0.15, -0.1) is 0 Å². The Morgan fingerprint density at radius 2 is 1.93 bits per heavy atom. The summed E-state index contributed by atoms with van der Waals surface area (Å²) in [5.74, 6) is 0.121. The molecule has 15 heavy (non-hydrogen) atoms. The van der Waals surface area contributed by atoms with Crippen molar-refractivity contribution in [3.05, 3.63) is 35.9 Å². The summed E-state index contributed by atoms with van der Waals surface area (Å²) >= 11 is 0. The minimum Gasteiger partial charge on any atom is -0.391 e. The molecule has 1 aromatic carbocycles. The van der Waals surface area contributed by atoms with E-state index in [2.05, 4.69) is 4.74 Å². The van der Waals surface area contributed by atoms with Crippen LogP contribution in [0.25, 0.3) is 0 Å². The normalized spacial score (nSPS) is 11.2. The highest BCUT2D eigenvalue weighted by atomic mass is 16.5. The summed E-state index contributed by atoms with van der Waals surface area (Å²) in [5.41, 5.74) is 0.775. The third-order valence-corrected chi connectivity index (χ3v) is 1.59. The average Bonchev–Trinajstić information content (AvgIpc) is 2.20. The Morgan fingerprint density at radius 1 is 1.40 bits per heavy atom. The molecule has 0 aliphatic rings. The van der Waals surface area contributed by atoms with Crippen molar-refractivity contribution in [1.82, 2.24) is 0 Å². The van der Waals surface area contributed by atoms with E-state index in [-0.39, 0.29) is 11.9 Å². The Balaban J connectivity index is 0.000000288. The number of Topliss-reactive ketones (excluding diaryl/α,β-unsaturated/α-hetero) is 1. The Hall–Kier alpha value is -1.19. The molecule has 1 aromatic rings. The zero-order valence-corrected chi connectivity index (χ0v) is 9.43. The molecule has 0 aliphatic carbocycles. The summed E-state index contributed by atoms with van der Waals surface area (Å²) < 4.78 is 4.55. The zero-order valence-electron chi connectivity index (χ0n) is 9.43. The van der Waals surface area contributed by atoms with Gasteiger partial charge in [-0.05, 0) is 13.8 Å².